The standard InChI is InChI=1S/C21H24N4O3S2/c1-14(20(26)22-13-15-7-5-11-28-15)30-21-24-23-19(18-10-6-12-29-18)25(21)16-8-3-4-9-17(16)27-2/h3-4,6,8-10,12,14-15H,5,7,11,13H2,1-2H3,(H,22,26)/t14-,15-/m0/s1. The first kappa shape index (κ1) is 20.9. The van der Waals surface area contributed by atoms with E-state index < -0.39 is 0 Å². The molecule has 1 aliphatic heterocycles. The molecule has 3 heterocycles. The van der Waals surface area contributed by atoms with Crippen molar-refractivity contribution >= 4 is 29.0 Å². The van der Waals surface area contributed by atoms with Gasteiger partial charge in [0, 0.05) is 13.2 Å². The molecule has 158 valence electrons. The summed E-state index contributed by atoms with van der Waals surface area (Å²) < 4.78 is 13.1. The van der Waals surface area contributed by atoms with Gasteiger partial charge in [-0.2, -0.15) is 0 Å². The predicted octanol–water partition coefficient (Wildman–Crippen LogP) is 3.78. The molecule has 3 aromatic rings. The van der Waals surface area contributed by atoms with Crippen molar-refractivity contribution in [2.24, 2.45) is 0 Å². The zero-order valence-corrected chi connectivity index (χ0v) is 18.5. The van der Waals surface area contributed by atoms with E-state index in [1.807, 2.05) is 53.3 Å². The molecule has 1 aromatic carbocycles. The van der Waals surface area contributed by atoms with Crippen LogP contribution in [0.5, 0.6) is 5.75 Å². The molecule has 0 bridgehead atoms. The lowest BCUT2D eigenvalue weighted by molar-refractivity contribution is -0.120. The molecule has 1 amide bonds. The molecule has 2 atom stereocenters. The normalized spacial score (nSPS) is 17.1. The van der Waals surface area contributed by atoms with Crippen LogP contribution in [0.1, 0.15) is 19.8 Å². The van der Waals surface area contributed by atoms with E-state index in [0.29, 0.717) is 17.5 Å². The molecule has 0 spiro atoms. The zero-order valence-electron chi connectivity index (χ0n) is 16.9. The number of thioether (sulfide) groups is 1. The number of aromatic nitrogens is 3. The number of ether oxygens (including phenoxy) is 2. The van der Waals surface area contributed by atoms with Crippen molar-refractivity contribution in [3.05, 3.63) is 41.8 Å². The molecule has 30 heavy (non-hydrogen) atoms. The summed E-state index contributed by atoms with van der Waals surface area (Å²) in [4.78, 5) is 13.6. The van der Waals surface area contributed by atoms with Crippen LogP contribution in [0.3, 0.4) is 0 Å². The van der Waals surface area contributed by atoms with Crippen LogP contribution in [0.2, 0.25) is 0 Å². The Morgan fingerprint density at radius 3 is 2.97 bits per heavy atom. The zero-order chi connectivity index (χ0) is 20.9. The summed E-state index contributed by atoms with van der Waals surface area (Å²) in [6.07, 6.45) is 2.17. The Kier molecular flexibility index (Phi) is 6.71. The molecule has 0 aliphatic carbocycles. The number of carbonyl (C=O) groups excluding carboxylic acids is 1. The lowest BCUT2D eigenvalue weighted by Crippen LogP contribution is -2.36. The summed E-state index contributed by atoms with van der Waals surface area (Å²) in [6, 6.07) is 11.7. The minimum Gasteiger partial charge on any atom is -0.495 e. The largest absolute Gasteiger partial charge is 0.495 e. The van der Waals surface area contributed by atoms with Gasteiger partial charge >= 0.3 is 0 Å². The molecule has 0 saturated carbocycles. The first-order valence-corrected chi connectivity index (χ1v) is 11.6. The average molecular weight is 445 g/mol. The predicted molar refractivity (Wildman–Crippen MR) is 119 cm³/mol. The van der Waals surface area contributed by atoms with Crippen LogP contribution < -0.4 is 10.1 Å². The fourth-order valence-corrected chi connectivity index (χ4v) is 4.90. The lowest BCUT2D eigenvalue weighted by atomic mass is 10.2. The molecule has 1 fully saturated rings. The van der Waals surface area contributed by atoms with Crippen molar-refractivity contribution in [3.63, 3.8) is 0 Å². The highest BCUT2D eigenvalue weighted by atomic mass is 32.2. The molecular weight excluding hydrogens is 420 g/mol. The lowest BCUT2D eigenvalue weighted by Gasteiger charge is -2.16. The number of hydrogen-bond acceptors (Lipinski definition) is 7. The third-order valence-corrected chi connectivity index (χ3v) is 6.79. The number of nitrogens with one attached hydrogen (secondary N) is 1. The van der Waals surface area contributed by atoms with Crippen molar-refractivity contribution in [2.75, 3.05) is 20.3 Å². The van der Waals surface area contributed by atoms with Crippen LogP contribution in [-0.4, -0.2) is 52.3 Å². The van der Waals surface area contributed by atoms with E-state index in [1.54, 1.807) is 18.4 Å². The summed E-state index contributed by atoms with van der Waals surface area (Å²) in [5, 5.41) is 14.1. The van der Waals surface area contributed by atoms with Gasteiger partial charge in [0.05, 0.1) is 29.0 Å². The highest BCUT2D eigenvalue weighted by Crippen LogP contribution is 2.35. The second-order valence-electron chi connectivity index (χ2n) is 6.93. The Labute approximate surface area is 183 Å². The SMILES string of the molecule is COc1ccccc1-n1c(S[C@@H](C)C(=O)NC[C@@H]2CCCO2)nnc1-c1cccs1. The number of benzene rings is 1. The smallest absolute Gasteiger partial charge is 0.233 e. The number of carbonyl (C=O) groups is 1. The fourth-order valence-electron chi connectivity index (χ4n) is 3.32. The molecule has 1 saturated heterocycles. The summed E-state index contributed by atoms with van der Waals surface area (Å²) in [5.41, 5.74) is 0.836. The van der Waals surface area contributed by atoms with Gasteiger partial charge in [0.2, 0.25) is 5.91 Å². The molecule has 0 radical (unpaired) electrons. The first-order valence-electron chi connectivity index (χ1n) is 9.86. The Morgan fingerprint density at radius 2 is 2.23 bits per heavy atom. The van der Waals surface area contributed by atoms with Crippen LogP contribution in [0.15, 0.2) is 46.9 Å². The van der Waals surface area contributed by atoms with Gasteiger partial charge in [0.1, 0.15) is 5.75 Å². The van der Waals surface area contributed by atoms with Crippen molar-refractivity contribution in [1.29, 1.82) is 0 Å². The monoisotopic (exact) mass is 444 g/mol. The fraction of sp³-hybridized carbons (Fsp3) is 0.381. The molecule has 1 aliphatic rings. The number of thiophene rings is 1. The van der Waals surface area contributed by atoms with Crippen molar-refractivity contribution in [1.82, 2.24) is 20.1 Å². The summed E-state index contributed by atoms with van der Waals surface area (Å²) in [7, 11) is 1.64. The number of nitrogens with zero attached hydrogens (tertiary/aromatic N) is 3. The van der Waals surface area contributed by atoms with Crippen LogP contribution in [0.25, 0.3) is 16.4 Å². The highest BCUT2D eigenvalue weighted by molar-refractivity contribution is 8.00. The van der Waals surface area contributed by atoms with Crippen LogP contribution in [0, 0.1) is 0 Å². The van der Waals surface area contributed by atoms with E-state index in [1.165, 1.54) is 11.8 Å². The van der Waals surface area contributed by atoms with Gasteiger partial charge in [0.25, 0.3) is 0 Å². The number of amides is 1. The van der Waals surface area contributed by atoms with Gasteiger partial charge < -0.3 is 14.8 Å². The van der Waals surface area contributed by atoms with E-state index >= 15 is 0 Å². The topological polar surface area (TPSA) is 78.3 Å². The van der Waals surface area contributed by atoms with Crippen molar-refractivity contribution in [3.8, 4) is 22.1 Å². The maximum atomic E-state index is 12.6. The molecule has 2 aromatic heterocycles. The average Bonchev–Trinajstić information content (AvgIpc) is 3.53. The molecule has 0 unspecified atom stereocenters. The van der Waals surface area contributed by atoms with Gasteiger partial charge in [-0.05, 0) is 43.3 Å². The van der Waals surface area contributed by atoms with E-state index in [-0.39, 0.29) is 17.3 Å². The third-order valence-electron chi connectivity index (χ3n) is 4.88. The van der Waals surface area contributed by atoms with Crippen LogP contribution >= 0.6 is 23.1 Å². The number of hydrogen-bond donors (Lipinski definition) is 1. The first-order chi connectivity index (χ1) is 14.7. The number of rotatable bonds is 8. The van der Waals surface area contributed by atoms with Gasteiger partial charge in [-0.15, -0.1) is 21.5 Å². The van der Waals surface area contributed by atoms with Gasteiger partial charge in [-0.3, -0.25) is 9.36 Å². The van der Waals surface area contributed by atoms with Crippen LogP contribution in [-0.2, 0) is 9.53 Å². The van der Waals surface area contributed by atoms with Crippen molar-refractivity contribution in [2.45, 2.75) is 36.3 Å². The van der Waals surface area contributed by atoms with E-state index in [0.717, 1.165) is 35.8 Å². The summed E-state index contributed by atoms with van der Waals surface area (Å²) in [5.74, 6) is 1.40. The van der Waals surface area contributed by atoms with E-state index in [9.17, 15) is 4.79 Å². The molecule has 9 heteroatoms. The minimum atomic E-state index is -0.333. The Hall–Kier alpha value is -2.36. The summed E-state index contributed by atoms with van der Waals surface area (Å²) >= 11 is 2.97. The molecule has 7 nitrogen and oxygen atoms in total. The van der Waals surface area contributed by atoms with Gasteiger partial charge in [-0.25, -0.2) is 0 Å². The van der Waals surface area contributed by atoms with Crippen LogP contribution in [0.4, 0.5) is 0 Å². The maximum Gasteiger partial charge on any atom is 0.233 e. The maximum absolute atomic E-state index is 12.6. The molecule has 1 N–H and O–H groups in total. The molecular formula is C21H24N4O3S2. The quantitative estimate of drug-likeness (QED) is 0.533. The molecule has 4 rings (SSSR count). The summed E-state index contributed by atoms with van der Waals surface area (Å²) in [6.45, 7) is 3.20. The second kappa shape index (κ2) is 9.63. The van der Waals surface area contributed by atoms with E-state index in [2.05, 4.69) is 15.5 Å². The Morgan fingerprint density at radius 1 is 1.37 bits per heavy atom. The Balaban J connectivity index is 1.59. The Bertz CT molecular complexity index is 984. The third kappa shape index (κ3) is 4.53. The van der Waals surface area contributed by atoms with Gasteiger partial charge in [0.15, 0.2) is 11.0 Å². The number of para-hydroxylation sites is 2. The van der Waals surface area contributed by atoms with Gasteiger partial charge in [-0.1, -0.05) is 30.0 Å². The number of methoxy groups -OCH3 is 1. The second-order valence-corrected chi connectivity index (χ2v) is 9.19. The highest BCUT2D eigenvalue weighted by Gasteiger charge is 2.24. The van der Waals surface area contributed by atoms with E-state index in [4.69, 9.17) is 9.47 Å². The van der Waals surface area contributed by atoms with Crippen molar-refractivity contribution < 1.29 is 14.3 Å². The minimum absolute atomic E-state index is 0.0391.